The van der Waals surface area contributed by atoms with Gasteiger partial charge in [-0.15, -0.1) is 0 Å². The number of non-ortho nitro benzene ring substituents is 1. The second-order valence-electron chi connectivity index (χ2n) is 3.40. The Labute approximate surface area is 85.5 Å². The molecule has 5 nitrogen and oxygen atoms in total. The Kier molecular flexibility index (Phi) is 3.01. The number of rotatable bonds is 3. The van der Waals surface area contributed by atoms with Gasteiger partial charge in [0.1, 0.15) is 11.4 Å². The molecule has 0 aliphatic rings. The molecule has 1 atom stereocenters. The van der Waals surface area contributed by atoms with Gasteiger partial charge in [-0.25, -0.2) is 4.39 Å². The summed E-state index contributed by atoms with van der Waals surface area (Å²) in [5.74, 6) is -0.834. The van der Waals surface area contributed by atoms with Crippen molar-refractivity contribution >= 4 is 5.69 Å². The van der Waals surface area contributed by atoms with Gasteiger partial charge in [-0.05, 0) is 13.0 Å². The van der Waals surface area contributed by atoms with Gasteiger partial charge < -0.3 is 10.8 Å². The zero-order valence-corrected chi connectivity index (χ0v) is 8.11. The normalized spacial score (nSPS) is 14.7. The molecule has 0 fully saturated rings. The minimum atomic E-state index is -1.51. The highest BCUT2D eigenvalue weighted by Crippen LogP contribution is 2.25. The van der Waals surface area contributed by atoms with E-state index in [-0.39, 0.29) is 17.8 Å². The first kappa shape index (κ1) is 11.5. The molecule has 0 radical (unpaired) electrons. The topological polar surface area (TPSA) is 89.4 Å². The van der Waals surface area contributed by atoms with Gasteiger partial charge in [-0.3, -0.25) is 10.1 Å². The Balaban J connectivity index is 3.19. The minimum Gasteiger partial charge on any atom is -0.384 e. The van der Waals surface area contributed by atoms with Crippen molar-refractivity contribution in [3.8, 4) is 0 Å². The van der Waals surface area contributed by atoms with Gasteiger partial charge >= 0.3 is 0 Å². The van der Waals surface area contributed by atoms with Gasteiger partial charge in [0.05, 0.1) is 11.0 Å². The van der Waals surface area contributed by atoms with Crippen LogP contribution in [0.15, 0.2) is 18.2 Å². The van der Waals surface area contributed by atoms with Crippen LogP contribution < -0.4 is 5.73 Å². The largest absolute Gasteiger partial charge is 0.384 e. The number of aliphatic hydroxyl groups is 1. The van der Waals surface area contributed by atoms with E-state index in [2.05, 4.69) is 0 Å². The van der Waals surface area contributed by atoms with Crippen LogP contribution in [0.2, 0.25) is 0 Å². The predicted octanol–water partition coefficient (Wildman–Crippen LogP) is 0.900. The molecule has 82 valence electrons. The molecule has 0 spiro atoms. The molecule has 15 heavy (non-hydrogen) atoms. The van der Waals surface area contributed by atoms with Crippen LogP contribution >= 0.6 is 0 Å². The average molecular weight is 214 g/mol. The molecule has 0 aliphatic carbocycles. The third-order valence-electron chi connectivity index (χ3n) is 2.14. The summed E-state index contributed by atoms with van der Waals surface area (Å²) >= 11 is 0. The van der Waals surface area contributed by atoms with Crippen LogP contribution in [-0.2, 0) is 5.60 Å². The quantitative estimate of drug-likeness (QED) is 0.577. The van der Waals surface area contributed by atoms with E-state index in [1.54, 1.807) is 0 Å². The Morgan fingerprint density at radius 3 is 2.67 bits per heavy atom. The number of nitrogens with two attached hydrogens (primary N) is 1. The van der Waals surface area contributed by atoms with Crippen molar-refractivity contribution in [2.24, 2.45) is 5.73 Å². The lowest BCUT2D eigenvalue weighted by atomic mass is 9.95. The molecule has 0 aliphatic heterocycles. The Morgan fingerprint density at radius 2 is 2.27 bits per heavy atom. The zero-order valence-electron chi connectivity index (χ0n) is 8.11. The van der Waals surface area contributed by atoms with Gasteiger partial charge in [-0.1, -0.05) is 0 Å². The molecular weight excluding hydrogens is 203 g/mol. The molecule has 1 aromatic carbocycles. The highest BCUT2D eigenvalue weighted by molar-refractivity contribution is 5.36. The number of hydrogen-bond donors (Lipinski definition) is 2. The number of nitro benzene ring substituents is 1. The molecule has 0 amide bonds. The summed E-state index contributed by atoms with van der Waals surface area (Å²) < 4.78 is 13.4. The summed E-state index contributed by atoms with van der Waals surface area (Å²) in [6.07, 6.45) is 0. The number of nitro groups is 1. The highest BCUT2D eigenvalue weighted by Gasteiger charge is 2.26. The molecule has 0 saturated carbocycles. The number of hydrogen-bond acceptors (Lipinski definition) is 4. The van der Waals surface area contributed by atoms with Crippen LogP contribution in [0.5, 0.6) is 0 Å². The molecular formula is C9H11FN2O3. The molecule has 1 unspecified atom stereocenters. The lowest BCUT2D eigenvalue weighted by Gasteiger charge is -2.21. The van der Waals surface area contributed by atoms with Crippen LogP contribution in [0.3, 0.4) is 0 Å². The Hall–Kier alpha value is -1.53. The summed E-state index contributed by atoms with van der Waals surface area (Å²) in [5, 5.41) is 20.0. The Bertz CT molecular complexity index is 393. The van der Waals surface area contributed by atoms with E-state index in [4.69, 9.17) is 5.73 Å². The maximum Gasteiger partial charge on any atom is 0.272 e. The summed E-state index contributed by atoms with van der Waals surface area (Å²) in [5.41, 5.74) is 3.34. The molecule has 3 N–H and O–H groups in total. The van der Waals surface area contributed by atoms with E-state index in [1.807, 2.05) is 0 Å². The molecule has 0 heterocycles. The first-order valence-electron chi connectivity index (χ1n) is 4.25. The standard InChI is InChI=1S/C9H11FN2O3/c1-9(13,5-11)7-3-2-6(12(14)15)4-8(7)10/h2-4,13H,5,11H2,1H3. The van der Waals surface area contributed by atoms with E-state index in [1.165, 1.54) is 13.0 Å². The van der Waals surface area contributed by atoms with Crippen LogP contribution in [0.1, 0.15) is 12.5 Å². The second-order valence-corrected chi connectivity index (χ2v) is 3.40. The molecule has 1 rings (SSSR count). The molecule has 0 saturated heterocycles. The maximum absolute atomic E-state index is 13.4. The van der Waals surface area contributed by atoms with E-state index < -0.39 is 16.3 Å². The number of halogens is 1. The highest BCUT2D eigenvalue weighted by atomic mass is 19.1. The Morgan fingerprint density at radius 1 is 1.67 bits per heavy atom. The first-order valence-corrected chi connectivity index (χ1v) is 4.25. The smallest absolute Gasteiger partial charge is 0.272 e. The number of benzene rings is 1. The second kappa shape index (κ2) is 3.92. The SMILES string of the molecule is CC(O)(CN)c1ccc([N+](=O)[O-])cc1F. The fraction of sp³-hybridized carbons (Fsp3) is 0.333. The van der Waals surface area contributed by atoms with Crippen molar-refractivity contribution < 1.29 is 14.4 Å². The summed E-state index contributed by atoms with van der Waals surface area (Å²) in [7, 11) is 0. The van der Waals surface area contributed by atoms with Crippen molar-refractivity contribution in [1.82, 2.24) is 0 Å². The maximum atomic E-state index is 13.4. The predicted molar refractivity (Wildman–Crippen MR) is 51.7 cm³/mol. The fourth-order valence-corrected chi connectivity index (χ4v) is 1.16. The van der Waals surface area contributed by atoms with Crippen molar-refractivity contribution in [1.29, 1.82) is 0 Å². The van der Waals surface area contributed by atoms with Gasteiger partial charge in [0.25, 0.3) is 5.69 Å². The van der Waals surface area contributed by atoms with E-state index in [9.17, 15) is 19.6 Å². The van der Waals surface area contributed by atoms with Gasteiger partial charge in [0.2, 0.25) is 0 Å². The van der Waals surface area contributed by atoms with Crippen LogP contribution in [0.4, 0.5) is 10.1 Å². The minimum absolute atomic E-state index is 0.0457. The molecule has 6 heteroatoms. The van der Waals surface area contributed by atoms with Crippen molar-refractivity contribution in [3.63, 3.8) is 0 Å². The van der Waals surface area contributed by atoms with Gasteiger partial charge in [0, 0.05) is 18.2 Å². The van der Waals surface area contributed by atoms with E-state index in [0.29, 0.717) is 0 Å². The van der Waals surface area contributed by atoms with Crippen LogP contribution in [0.25, 0.3) is 0 Å². The molecule has 1 aromatic rings. The van der Waals surface area contributed by atoms with Crippen molar-refractivity contribution in [2.45, 2.75) is 12.5 Å². The van der Waals surface area contributed by atoms with Gasteiger partial charge in [-0.2, -0.15) is 0 Å². The summed E-state index contributed by atoms with van der Waals surface area (Å²) in [6, 6.07) is 3.06. The number of nitrogens with zero attached hydrogens (tertiary/aromatic N) is 1. The average Bonchev–Trinajstić information content (AvgIpc) is 2.17. The monoisotopic (exact) mass is 214 g/mol. The lowest BCUT2D eigenvalue weighted by molar-refractivity contribution is -0.385. The van der Waals surface area contributed by atoms with Crippen molar-refractivity contribution in [3.05, 3.63) is 39.7 Å². The third-order valence-corrected chi connectivity index (χ3v) is 2.14. The summed E-state index contributed by atoms with van der Waals surface area (Å²) in [4.78, 5) is 9.63. The summed E-state index contributed by atoms with van der Waals surface area (Å²) in [6.45, 7) is 1.18. The first-order chi connectivity index (χ1) is 6.88. The lowest BCUT2D eigenvalue weighted by Crippen LogP contribution is -2.32. The van der Waals surface area contributed by atoms with Crippen LogP contribution in [-0.4, -0.2) is 16.6 Å². The molecule has 0 bridgehead atoms. The molecule has 0 aromatic heterocycles. The van der Waals surface area contributed by atoms with Gasteiger partial charge in [0.15, 0.2) is 0 Å². The van der Waals surface area contributed by atoms with Crippen LogP contribution in [0, 0.1) is 15.9 Å². The fourth-order valence-electron chi connectivity index (χ4n) is 1.16. The van der Waals surface area contributed by atoms with E-state index in [0.717, 1.165) is 12.1 Å². The zero-order chi connectivity index (χ0) is 11.6. The van der Waals surface area contributed by atoms with E-state index >= 15 is 0 Å². The third kappa shape index (κ3) is 2.28. The van der Waals surface area contributed by atoms with Crippen molar-refractivity contribution in [2.75, 3.05) is 6.54 Å².